The van der Waals surface area contributed by atoms with Crippen LogP contribution in [0.3, 0.4) is 0 Å². The van der Waals surface area contributed by atoms with E-state index < -0.39 is 22.2 Å². The van der Waals surface area contributed by atoms with E-state index in [1.807, 2.05) is 30.3 Å². The first-order valence-corrected chi connectivity index (χ1v) is 11.4. The number of carbonyl (C=O) groups is 1. The Morgan fingerprint density at radius 1 is 1.07 bits per heavy atom. The highest BCUT2D eigenvalue weighted by Gasteiger charge is 2.16. The number of carbonyl (C=O) groups excluding carboxylic acids is 1. The predicted octanol–water partition coefficient (Wildman–Crippen LogP) is 2.86. The molecule has 0 spiro atoms. The van der Waals surface area contributed by atoms with Crippen molar-refractivity contribution < 1.29 is 22.7 Å². The maximum Gasteiger partial charge on any atom is 0.407 e. The molecule has 30 heavy (non-hydrogen) atoms. The van der Waals surface area contributed by atoms with Crippen molar-refractivity contribution in [3.05, 3.63) is 60.2 Å². The summed E-state index contributed by atoms with van der Waals surface area (Å²) in [5, 5.41) is 2.67. The van der Waals surface area contributed by atoms with Gasteiger partial charge in [0.25, 0.3) is 0 Å². The molecule has 0 saturated heterocycles. The van der Waals surface area contributed by atoms with E-state index in [4.69, 9.17) is 15.2 Å². The Morgan fingerprint density at radius 3 is 2.43 bits per heavy atom. The zero-order valence-electron chi connectivity index (χ0n) is 17.0. The highest BCUT2D eigenvalue weighted by molar-refractivity contribution is 7.92. The Balaban J connectivity index is 1.59. The highest BCUT2D eigenvalue weighted by Crippen LogP contribution is 2.16. The van der Waals surface area contributed by atoms with Gasteiger partial charge in [-0.1, -0.05) is 36.8 Å². The molecule has 2 aromatic rings. The maximum atomic E-state index is 12.2. The molecular weight excluding hydrogens is 406 g/mol. The van der Waals surface area contributed by atoms with Gasteiger partial charge in [0.2, 0.25) is 10.0 Å². The van der Waals surface area contributed by atoms with Gasteiger partial charge >= 0.3 is 6.09 Å². The van der Waals surface area contributed by atoms with Crippen LogP contribution in [0.25, 0.3) is 0 Å². The lowest BCUT2D eigenvalue weighted by Crippen LogP contribution is -2.33. The largest absolute Gasteiger partial charge is 0.497 e. The smallest absolute Gasteiger partial charge is 0.407 e. The average molecular weight is 436 g/mol. The van der Waals surface area contributed by atoms with Crippen molar-refractivity contribution in [3.8, 4) is 5.75 Å². The normalized spacial score (nSPS) is 12.1. The molecular formula is C21H29N3O5S. The van der Waals surface area contributed by atoms with Gasteiger partial charge in [-0.2, -0.15) is 0 Å². The minimum absolute atomic E-state index is 0.175. The molecule has 2 aromatic carbocycles. The highest BCUT2D eigenvalue weighted by atomic mass is 32.2. The maximum absolute atomic E-state index is 12.2. The number of nitrogens with two attached hydrogens (primary N) is 1. The van der Waals surface area contributed by atoms with E-state index in [0.29, 0.717) is 37.2 Å². The van der Waals surface area contributed by atoms with Crippen LogP contribution in [-0.4, -0.2) is 40.0 Å². The number of alkyl carbamates (subject to hydrolysis) is 1. The fourth-order valence-corrected chi connectivity index (χ4v) is 4.05. The minimum atomic E-state index is -3.55. The summed E-state index contributed by atoms with van der Waals surface area (Å²) in [7, 11) is -2.01. The molecule has 0 fully saturated rings. The van der Waals surface area contributed by atoms with Crippen molar-refractivity contribution in [2.24, 2.45) is 5.73 Å². The summed E-state index contributed by atoms with van der Waals surface area (Å²) in [5.74, 6) is 0.471. The summed E-state index contributed by atoms with van der Waals surface area (Å²) in [6, 6.07) is 15.5. The average Bonchev–Trinajstić information content (AvgIpc) is 2.72. The summed E-state index contributed by atoms with van der Waals surface area (Å²) in [5.41, 5.74) is 7.34. The number of ether oxygens (including phenoxy) is 2. The van der Waals surface area contributed by atoms with Gasteiger partial charge in [0.05, 0.1) is 12.9 Å². The van der Waals surface area contributed by atoms with Crippen LogP contribution in [0.5, 0.6) is 5.75 Å². The van der Waals surface area contributed by atoms with Crippen LogP contribution in [-0.2, 0) is 21.4 Å². The van der Waals surface area contributed by atoms with Gasteiger partial charge in [-0.05, 0) is 42.7 Å². The monoisotopic (exact) mass is 435 g/mol. The lowest BCUT2D eigenvalue weighted by molar-refractivity contribution is 0.139. The molecule has 8 nitrogen and oxygen atoms in total. The third kappa shape index (κ3) is 9.15. The number of methoxy groups -OCH3 is 1. The Bertz CT molecular complexity index is 873. The molecule has 0 saturated carbocycles. The van der Waals surface area contributed by atoms with Crippen molar-refractivity contribution in [1.82, 2.24) is 5.32 Å². The topological polar surface area (TPSA) is 120 Å². The van der Waals surface area contributed by atoms with Crippen molar-refractivity contribution in [1.29, 1.82) is 0 Å². The molecule has 0 aliphatic heterocycles. The molecule has 1 amide bonds. The van der Waals surface area contributed by atoms with E-state index in [0.717, 1.165) is 5.56 Å². The first-order valence-electron chi connectivity index (χ1n) is 9.72. The van der Waals surface area contributed by atoms with Crippen molar-refractivity contribution in [2.75, 3.05) is 24.1 Å². The molecule has 0 radical (unpaired) electrons. The Hall–Kier alpha value is -2.78. The zero-order valence-corrected chi connectivity index (χ0v) is 17.9. The summed E-state index contributed by atoms with van der Waals surface area (Å²) in [4.78, 5) is 11.7. The molecule has 2 rings (SSSR count). The van der Waals surface area contributed by atoms with Crippen LogP contribution >= 0.6 is 0 Å². The van der Waals surface area contributed by atoms with Gasteiger partial charge in [-0.25, -0.2) is 13.2 Å². The molecule has 164 valence electrons. The molecule has 0 aromatic heterocycles. The number of rotatable bonds is 12. The Kier molecular flexibility index (Phi) is 9.43. The molecule has 4 N–H and O–H groups in total. The molecule has 0 aliphatic rings. The van der Waals surface area contributed by atoms with Crippen LogP contribution in [0.2, 0.25) is 0 Å². The second kappa shape index (κ2) is 12.0. The van der Waals surface area contributed by atoms with Crippen LogP contribution in [0.4, 0.5) is 10.5 Å². The SMILES string of the molecule is COc1ccc(NS(=O)(=O)CC(N)CCCCNC(=O)OCc2ccccc2)cc1. The Morgan fingerprint density at radius 2 is 1.77 bits per heavy atom. The fraction of sp³-hybridized carbons (Fsp3) is 0.381. The number of nitrogens with one attached hydrogen (secondary N) is 2. The summed E-state index contributed by atoms with van der Waals surface area (Å²) in [6.07, 6.45) is 1.43. The van der Waals surface area contributed by atoms with Crippen LogP contribution in [0, 0.1) is 0 Å². The van der Waals surface area contributed by atoms with Gasteiger partial charge in [0, 0.05) is 18.3 Å². The number of hydrogen-bond donors (Lipinski definition) is 3. The quantitative estimate of drug-likeness (QED) is 0.441. The summed E-state index contributed by atoms with van der Waals surface area (Å²) < 4.78 is 37.1. The molecule has 9 heteroatoms. The van der Waals surface area contributed by atoms with Gasteiger partial charge in [-0.3, -0.25) is 4.72 Å². The second-order valence-corrected chi connectivity index (χ2v) is 8.62. The summed E-state index contributed by atoms with van der Waals surface area (Å²) >= 11 is 0. The molecule has 0 aliphatic carbocycles. The minimum Gasteiger partial charge on any atom is -0.497 e. The van der Waals surface area contributed by atoms with E-state index in [2.05, 4.69) is 10.0 Å². The predicted molar refractivity (Wildman–Crippen MR) is 117 cm³/mol. The third-order valence-corrected chi connectivity index (χ3v) is 5.69. The third-order valence-electron chi connectivity index (χ3n) is 4.28. The molecule has 0 bridgehead atoms. The van der Waals surface area contributed by atoms with E-state index in [1.165, 1.54) is 0 Å². The van der Waals surface area contributed by atoms with Crippen LogP contribution in [0.1, 0.15) is 24.8 Å². The lowest BCUT2D eigenvalue weighted by Gasteiger charge is -2.14. The number of amides is 1. The second-order valence-electron chi connectivity index (χ2n) is 6.86. The van der Waals surface area contributed by atoms with E-state index in [1.54, 1.807) is 31.4 Å². The van der Waals surface area contributed by atoms with Crippen molar-refractivity contribution >= 4 is 21.8 Å². The van der Waals surface area contributed by atoms with Gasteiger partial charge in [0.1, 0.15) is 12.4 Å². The number of anilines is 1. The first-order chi connectivity index (χ1) is 14.4. The Labute approximate surface area is 177 Å². The van der Waals surface area contributed by atoms with E-state index in [9.17, 15) is 13.2 Å². The van der Waals surface area contributed by atoms with Gasteiger partial charge < -0.3 is 20.5 Å². The van der Waals surface area contributed by atoms with Gasteiger partial charge in [-0.15, -0.1) is 0 Å². The van der Waals surface area contributed by atoms with Crippen LogP contribution < -0.4 is 20.5 Å². The number of benzene rings is 2. The fourth-order valence-electron chi connectivity index (χ4n) is 2.74. The molecule has 0 heterocycles. The summed E-state index contributed by atoms with van der Waals surface area (Å²) in [6.45, 7) is 0.661. The van der Waals surface area contributed by atoms with E-state index in [-0.39, 0.29) is 12.4 Å². The molecule has 1 atom stereocenters. The van der Waals surface area contributed by atoms with Crippen molar-refractivity contribution in [2.45, 2.75) is 31.9 Å². The molecule has 1 unspecified atom stereocenters. The van der Waals surface area contributed by atoms with E-state index >= 15 is 0 Å². The van der Waals surface area contributed by atoms with Crippen molar-refractivity contribution in [3.63, 3.8) is 0 Å². The number of hydrogen-bond acceptors (Lipinski definition) is 6. The van der Waals surface area contributed by atoms with Crippen LogP contribution in [0.15, 0.2) is 54.6 Å². The number of sulfonamides is 1. The lowest BCUT2D eigenvalue weighted by atomic mass is 10.1. The van der Waals surface area contributed by atoms with Gasteiger partial charge in [0.15, 0.2) is 0 Å². The first kappa shape index (κ1) is 23.5. The number of unbranched alkanes of at least 4 members (excludes halogenated alkanes) is 1. The zero-order chi connectivity index (χ0) is 21.8. The standard InChI is InChI=1S/C21H29N3O5S/c1-28-20-12-10-19(11-13-20)24-30(26,27)16-18(22)9-5-6-14-23-21(25)29-15-17-7-3-2-4-8-17/h2-4,7-8,10-13,18,24H,5-6,9,14-16,22H2,1H3,(H,23,25).